The Labute approximate surface area is 108 Å². The highest BCUT2D eigenvalue weighted by Crippen LogP contribution is 2.85. The summed E-state index contributed by atoms with van der Waals surface area (Å²) in [4.78, 5) is 47.2. The van der Waals surface area contributed by atoms with E-state index in [0.717, 1.165) is 6.42 Å². The summed E-state index contributed by atoms with van der Waals surface area (Å²) in [5.41, 5.74) is -5.46. The van der Waals surface area contributed by atoms with Crippen LogP contribution in [0.4, 0.5) is 0 Å². The zero-order valence-electron chi connectivity index (χ0n) is 10.1. The second kappa shape index (κ2) is 3.15. The van der Waals surface area contributed by atoms with Gasteiger partial charge in [-0.25, -0.2) is 0 Å². The number of fused-ring (bicyclic) bond motifs is 3. The van der Waals surface area contributed by atoms with E-state index in [-0.39, 0.29) is 0 Å². The number of carboxylic acid groups (broad SMARTS) is 2. The van der Waals surface area contributed by atoms with Gasteiger partial charge in [0.1, 0.15) is 0 Å². The normalized spacial score (nSPS) is 38.7. The number of aliphatic carboxylic acids is 2. The maximum Gasteiger partial charge on any atom is 0.321 e. The van der Waals surface area contributed by atoms with Gasteiger partial charge in [0.05, 0.1) is 0 Å². The number of carboxylic acids is 2. The molecule has 19 heavy (non-hydrogen) atoms. The number of hydrogen-bond donors (Lipinski definition) is 3. The summed E-state index contributed by atoms with van der Waals surface area (Å²) in [5.74, 6) is -4.93. The average Bonchev–Trinajstić information content (AvgIpc) is 2.76. The number of hydrogen-bond acceptors (Lipinski definition) is 4. The Morgan fingerprint density at radius 2 is 1.32 bits per heavy atom. The molecule has 0 aromatic rings. The molecule has 7 nitrogen and oxygen atoms in total. The number of imide groups is 1. The predicted octanol–water partition coefficient (Wildman–Crippen LogP) is -0.251. The van der Waals surface area contributed by atoms with Crippen LogP contribution in [0.5, 0.6) is 0 Å². The lowest BCUT2D eigenvalue weighted by molar-refractivity contribution is -0.156. The van der Waals surface area contributed by atoms with E-state index < -0.39 is 40.0 Å². The van der Waals surface area contributed by atoms with Crippen LogP contribution in [-0.2, 0) is 19.2 Å². The Kier molecular flexibility index (Phi) is 2.01. The van der Waals surface area contributed by atoms with Crippen molar-refractivity contribution in [2.45, 2.75) is 32.1 Å². The Balaban J connectivity index is 2.26. The first-order valence-electron chi connectivity index (χ1n) is 6.22. The van der Waals surface area contributed by atoms with Crippen molar-refractivity contribution in [1.82, 2.24) is 5.32 Å². The molecule has 2 unspecified atom stereocenters. The molecule has 3 rings (SSSR count). The van der Waals surface area contributed by atoms with Gasteiger partial charge in [0.2, 0.25) is 11.8 Å². The van der Waals surface area contributed by atoms with Crippen LogP contribution in [0.2, 0.25) is 0 Å². The molecule has 0 aromatic carbocycles. The molecule has 7 heteroatoms. The molecule has 3 aliphatic rings. The fraction of sp³-hybridized carbons (Fsp3) is 0.667. The number of piperidine rings is 1. The maximum absolute atomic E-state index is 12.0. The van der Waals surface area contributed by atoms with E-state index in [4.69, 9.17) is 0 Å². The topological polar surface area (TPSA) is 121 Å². The van der Waals surface area contributed by atoms with Crippen molar-refractivity contribution in [3.8, 4) is 0 Å². The molecule has 2 saturated carbocycles. The van der Waals surface area contributed by atoms with Crippen molar-refractivity contribution < 1.29 is 29.4 Å². The molecule has 3 N–H and O–H groups in total. The highest BCUT2D eigenvalue weighted by molar-refractivity contribution is 6.33. The third-order valence-electron chi connectivity index (χ3n) is 5.19. The molecule has 1 aliphatic heterocycles. The summed E-state index contributed by atoms with van der Waals surface area (Å²) in [6, 6.07) is 0. The lowest BCUT2D eigenvalue weighted by Gasteiger charge is -2.28. The Morgan fingerprint density at radius 1 is 0.895 bits per heavy atom. The molecule has 0 radical (unpaired) electrons. The van der Waals surface area contributed by atoms with Crippen molar-refractivity contribution in [1.29, 1.82) is 0 Å². The van der Waals surface area contributed by atoms with Gasteiger partial charge in [-0.1, -0.05) is 19.3 Å². The molecule has 1 heterocycles. The molecule has 2 aliphatic carbocycles. The zero-order valence-corrected chi connectivity index (χ0v) is 10.1. The highest BCUT2D eigenvalue weighted by Gasteiger charge is 3.02. The zero-order chi connectivity index (χ0) is 14.1. The molecule has 1 spiro atoms. The molecule has 102 valence electrons. The summed E-state index contributed by atoms with van der Waals surface area (Å²) in [5, 5.41) is 20.8. The number of rotatable bonds is 2. The molecule has 2 amide bonds. The minimum atomic E-state index is -2.11. The van der Waals surface area contributed by atoms with E-state index in [1.54, 1.807) is 0 Å². The van der Waals surface area contributed by atoms with Crippen LogP contribution in [0, 0.1) is 16.2 Å². The Bertz CT molecular complexity index is 494. The van der Waals surface area contributed by atoms with Crippen LogP contribution < -0.4 is 5.32 Å². The second-order valence-corrected chi connectivity index (χ2v) is 5.54. The number of nitrogens with one attached hydrogen (secondary N) is 1. The fourth-order valence-electron chi connectivity index (χ4n) is 4.59. The monoisotopic (exact) mass is 267 g/mol. The number of carbonyl (C=O) groups excluding carboxylic acids is 2. The van der Waals surface area contributed by atoms with E-state index in [9.17, 15) is 29.4 Å². The summed E-state index contributed by atoms with van der Waals surface area (Å²) < 4.78 is 0. The van der Waals surface area contributed by atoms with Gasteiger partial charge in [0.15, 0.2) is 10.8 Å². The summed E-state index contributed by atoms with van der Waals surface area (Å²) in [6.07, 6.45) is 2.74. The molecule has 1 saturated heterocycles. The van der Waals surface area contributed by atoms with Gasteiger partial charge >= 0.3 is 11.9 Å². The van der Waals surface area contributed by atoms with Gasteiger partial charge in [-0.2, -0.15) is 0 Å². The van der Waals surface area contributed by atoms with Crippen molar-refractivity contribution in [2.75, 3.05) is 0 Å². The molecule has 2 atom stereocenters. The summed E-state index contributed by atoms with van der Waals surface area (Å²) in [6.45, 7) is 0. The molecule has 0 aromatic heterocycles. The van der Waals surface area contributed by atoms with Crippen LogP contribution in [0.1, 0.15) is 32.1 Å². The molecular formula is C12H13NO6. The molecule has 0 bridgehead atoms. The SMILES string of the molecule is O=C(O)C12C(=O)NC(=O)C1(C(=O)O)C21CCCCC1. The van der Waals surface area contributed by atoms with Crippen LogP contribution in [-0.4, -0.2) is 34.0 Å². The van der Waals surface area contributed by atoms with Gasteiger partial charge in [0, 0.05) is 5.41 Å². The van der Waals surface area contributed by atoms with E-state index in [1.807, 2.05) is 5.32 Å². The van der Waals surface area contributed by atoms with Crippen LogP contribution in [0.3, 0.4) is 0 Å². The van der Waals surface area contributed by atoms with E-state index in [0.29, 0.717) is 25.7 Å². The minimum absolute atomic E-state index is 0.296. The number of carbonyl (C=O) groups is 4. The lowest BCUT2D eigenvalue weighted by Crippen LogP contribution is -2.42. The lowest BCUT2D eigenvalue weighted by atomic mass is 9.76. The fourth-order valence-corrected chi connectivity index (χ4v) is 4.59. The van der Waals surface area contributed by atoms with Crippen molar-refractivity contribution >= 4 is 23.8 Å². The minimum Gasteiger partial charge on any atom is -0.480 e. The van der Waals surface area contributed by atoms with Gasteiger partial charge < -0.3 is 10.2 Å². The molecular weight excluding hydrogens is 254 g/mol. The largest absolute Gasteiger partial charge is 0.480 e. The van der Waals surface area contributed by atoms with Gasteiger partial charge in [-0.05, 0) is 12.8 Å². The van der Waals surface area contributed by atoms with Gasteiger partial charge in [-0.15, -0.1) is 0 Å². The first-order valence-corrected chi connectivity index (χ1v) is 6.22. The first kappa shape index (κ1) is 12.1. The van der Waals surface area contributed by atoms with Gasteiger partial charge in [0.25, 0.3) is 0 Å². The quantitative estimate of drug-likeness (QED) is 0.468. The first-order chi connectivity index (χ1) is 8.89. The van der Waals surface area contributed by atoms with Crippen LogP contribution in [0.15, 0.2) is 0 Å². The Morgan fingerprint density at radius 3 is 1.68 bits per heavy atom. The van der Waals surface area contributed by atoms with Crippen LogP contribution >= 0.6 is 0 Å². The number of amides is 2. The van der Waals surface area contributed by atoms with Crippen molar-refractivity contribution in [2.24, 2.45) is 16.2 Å². The average molecular weight is 267 g/mol. The summed E-state index contributed by atoms with van der Waals surface area (Å²) >= 11 is 0. The van der Waals surface area contributed by atoms with Crippen LogP contribution in [0.25, 0.3) is 0 Å². The van der Waals surface area contributed by atoms with E-state index in [1.165, 1.54) is 0 Å². The van der Waals surface area contributed by atoms with Gasteiger partial charge in [-0.3, -0.25) is 24.5 Å². The Hall–Kier alpha value is -1.92. The third kappa shape index (κ3) is 0.854. The second-order valence-electron chi connectivity index (χ2n) is 5.54. The summed E-state index contributed by atoms with van der Waals surface area (Å²) in [7, 11) is 0. The smallest absolute Gasteiger partial charge is 0.321 e. The van der Waals surface area contributed by atoms with E-state index in [2.05, 4.69) is 0 Å². The highest BCUT2D eigenvalue weighted by atomic mass is 16.4. The van der Waals surface area contributed by atoms with Crippen molar-refractivity contribution in [3.05, 3.63) is 0 Å². The van der Waals surface area contributed by atoms with Crippen molar-refractivity contribution in [3.63, 3.8) is 0 Å². The van der Waals surface area contributed by atoms with E-state index >= 15 is 0 Å². The standard InChI is InChI=1S/C12H13NO6/c14-6-11(8(16)17)10(4-2-1-3-5-10)12(11,9(18)19)7(15)13-6/h1-5H2,(H,16,17)(H,18,19)(H,13,14,15). The maximum atomic E-state index is 12.0. The molecule has 3 fully saturated rings. The predicted molar refractivity (Wildman–Crippen MR) is 58.8 cm³/mol. The third-order valence-corrected chi connectivity index (χ3v) is 5.19.